The lowest BCUT2D eigenvalue weighted by atomic mass is 10.0. The van der Waals surface area contributed by atoms with Crippen LogP contribution < -0.4 is 5.32 Å². The summed E-state index contributed by atoms with van der Waals surface area (Å²) in [7, 11) is 1.22. The molecule has 0 heterocycles. The number of anilines is 1. The molecule has 0 amide bonds. The van der Waals surface area contributed by atoms with Crippen molar-refractivity contribution < 1.29 is 14.3 Å². The first kappa shape index (κ1) is 18.9. The van der Waals surface area contributed by atoms with E-state index in [1.165, 1.54) is 7.11 Å². The van der Waals surface area contributed by atoms with Gasteiger partial charge in [-0.05, 0) is 24.5 Å². The molecular formula is C15H18ClNO3S2. The van der Waals surface area contributed by atoms with Gasteiger partial charge in [0.25, 0.3) is 0 Å². The fourth-order valence-electron chi connectivity index (χ4n) is 1.62. The number of benzene rings is 1. The van der Waals surface area contributed by atoms with Crippen molar-refractivity contribution in [1.29, 1.82) is 0 Å². The Morgan fingerprint density at radius 1 is 1.36 bits per heavy atom. The molecule has 0 atom stereocenters. The van der Waals surface area contributed by atoms with Crippen LogP contribution in [0.2, 0.25) is 5.02 Å². The SMILES string of the molecule is COC(=O)/C(C(=O)C(C)C)=C(/S)Nc1cc(SC)ccc1Cl. The van der Waals surface area contributed by atoms with Crippen LogP contribution in [0.1, 0.15) is 13.8 Å². The second kappa shape index (κ2) is 8.50. The fourth-order valence-corrected chi connectivity index (χ4v) is 2.55. The number of methoxy groups -OCH3 is 1. The summed E-state index contributed by atoms with van der Waals surface area (Å²) < 4.78 is 4.67. The minimum absolute atomic E-state index is 0.116. The molecule has 4 nitrogen and oxygen atoms in total. The van der Waals surface area contributed by atoms with Crippen molar-refractivity contribution in [2.45, 2.75) is 18.7 Å². The van der Waals surface area contributed by atoms with Gasteiger partial charge in [0, 0.05) is 10.8 Å². The second-order valence-corrected chi connectivity index (χ2v) is 6.44. The van der Waals surface area contributed by atoms with Crippen molar-refractivity contribution in [1.82, 2.24) is 0 Å². The van der Waals surface area contributed by atoms with E-state index in [0.29, 0.717) is 10.7 Å². The molecule has 0 fully saturated rings. The number of esters is 1. The van der Waals surface area contributed by atoms with E-state index in [-0.39, 0.29) is 22.3 Å². The number of hydrogen-bond donors (Lipinski definition) is 2. The maximum absolute atomic E-state index is 12.2. The molecular weight excluding hydrogens is 342 g/mol. The van der Waals surface area contributed by atoms with Crippen LogP contribution >= 0.6 is 36.0 Å². The molecule has 0 radical (unpaired) electrons. The maximum atomic E-state index is 12.2. The number of carbonyl (C=O) groups is 2. The van der Waals surface area contributed by atoms with Gasteiger partial charge >= 0.3 is 5.97 Å². The van der Waals surface area contributed by atoms with E-state index >= 15 is 0 Å². The van der Waals surface area contributed by atoms with Gasteiger partial charge in [-0.2, -0.15) is 0 Å². The lowest BCUT2D eigenvalue weighted by molar-refractivity contribution is -0.138. The molecule has 0 saturated carbocycles. The Hall–Kier alpha value is -1.11. The molecule has 0 aliphatic carbocycles. The Bertz CT molecular complexity index is 615. The van der Waals surface area contributed by atoms with Crippen molar-refractivity contribution in [3.05, 3.63) is 33.8 Å². The molecule has 0 spiro atoms. The van der Waals surface area contributed by atoms with E-state index in [2.05, 4.69) is 22.7 Å². The number of thioether (sulfide) groups is 1. The lowest BCUT2D eigenvalue weighted by Gasteiger charge is -2.14. The van der Waals surface area contributed by atoms with Crippen LogP contribution in [-0.2, 0) is 14.3 Å². The molecule has 7 heteroatoms. The van der Waals surface area contributed by atoms with Crippen LogP contribution in [0.15, 0.2) is 33.7 Å². The predicted molar refractivity (Wildman–Crippen MR) is 94.7 cm³/mol. The average Bonchev–Trinajstić information content (AvgIpc) is 2.49. The number of thiol groups is 1. The minimum atomic E-state index is -0.728. The number of ketones is 1. The van der Waals surface area contributed by atoms with Gasteiger partial charge in [-0.15, -0.1) is 24.4 Å². The number of hydrogen-bond acceptors (Lipinski definition) is 6. The summed E-state index contributed by atoms with van der Waals surface area (Å²) in [5, 5.41) is 3.49. The number of ether oxygens (including phenoxy) is 1. The summed E-state index contributed by atoms with van der Waals surface area (Å²) in [5.41, 5.74) is 0.447. The average molecular weight is 360 g/mol. The van der Waals surface area contributed by atoms with Gasteiger partial charge < -0.3 is 10.1 Å². The summed E-state index contributed by atoms with van der Waals surface area (Å²) in [6.07, 6.45) is 1.94. The Balaban J connectivity index is 3.25. The first-order valence-corrected chi connectivity index (χ1v) is 8.53. The summed E-state index contributed by atoms with van der Waals surface area (Å²) in [6, 6.07) is 5.43. The summed E-state index contributed by atoms with van der Waals surface area (Å²) >= 11 is 11.9. The molecule has 0 aliphatic rings. The zero-order chi connectivity index (χ0) is 16.9. The van der Waals surface area contributed by atoms with Crippen LogP contribution in [0.5, 0.6) is 0 Å². The number of Topliss-reactive ketones (excluding diaryl/α,β-unsaturated/α-hetero) is 1. The smallest absolute Gasteiger partial charge is 0.344 e. The topological polar surface area (TPSA) is 55.4 Å². The molecule has 0 saturated heterocycles. The monoisotopic (exact) mass is 359 g/mol. The number of halogens is 1. The molecule has 0 aliphatic heterocycles. The van der Waals surface area contributed by atoms with Gasteiger partial charge in [-0.25, -0.2) is 4.79 Å². The van der Waals surface area contributed by atoms with Gasteiger partial charge in [0.05, 0.1) is 22.8 Å². The highest BCUT2D eigenvalue weighted by atomic mass is 35.5. The highest BCUT2D eigenvalue weighted by Crippen LogP contribution is 2.29. The van der Waals surface area contributed by atoms with E-state index in [0.717, 1.165) is 4.90 Å². The van der Waals surface area contributed by atoms with E-state index < -0.39 is 5.97 Å². The van der Waals surface area contributed by atoms with E-state index in [9.17, 15) is 9.59 Å². The van der Waals surface area contributed by atoms with Crippen molar-refractivity contribution in [3.8, 4) is 0 Å². The first-order chi connectivity index (χ1) is 10.3. The van der Waals surface area contributed by atoms with Gasteiger partial charge in [-0.3, -0.25) is 4.79 Å². The molecule has 1 aromatic carbocycles. The third-order valence-electron chi connectivity index (χ3n) is 2.82. The molecule has 1 N–H and O–H groups in total. The fraction of sp³-hybridized carbons (Fsp3) is 0.333. The normalized spacial score (nSPS) is 12.0. The van der Waals surface area contributed by atoms with Crippen molar-refractivity contribution in [2.24, 2.45) is 5.92 Å². The number of nitrogens with one attached hydrogen (secondary N) is 1. The van der Waals surface area contributed by atoms with E-state index in [1.54, 1.807) is 31.7 Å². The van der Waals surface area contributed by atoms with Crippen LogP contribution in [0.4, 0.5) is 5.69 Å². The van der Waals surface area contributed by atoms with Gasteiger partial charge in [0.15, 0.2) is 5.78 Å². The van der Waals surface area contributed by atoms with Crippen LogP contribution in [-0.4, -0.2) is 25.1 Å². The zero-order valence-electron chi connectivity index (χ0n) is 12.8. The Kier molecular flexibility index (Phi) is 7.32. The standard InChI is InChI=1S/C15H18ClNO3S2/c1-8(2)13(18)12(15(19)20-3)14(21)17-11-7-9(22-4)5-6-10(11)16/h5-8,17,21H,1-4H3/b14-12+. The third kappa shape index (κ3) is 4.69. The molecule has 0 bridgehead atoms. The summed E-state index contributed by atoms with van der Waals surface area (Å²) in [4.78, 5) is 25.1. The summed E-state index contributed by atoms with van der Waals surface area (Å²) in [5.74, 6) is -1.43. The van der Waals surface area contributed by atoms with Crippen molar-refractivity contribution in [2.75, 3.05) is 18.7 Å². The van der Waals surface area contributed by atoms with Gasteiger partial charge in [0.2, 0.25) is 0 Å². The first-order valence-electron chi connectivity index (χ1n) is 6.48. The van der Waals surface area contributed by atoms with Crippen molar-refractivity contribution in [3.63, 3.8) is 0 Å². The number of carbonyl (C=O) groups excluding carboxylic acids is 2. The predicted octanol–water partition coefficient (Wildman–Crippen LogP) is 4.01. The Labute approximate surface area is 145 Å². The van der Waals surface area contributed by atoms with E-state index in [1.807, 2.05) is 18.4 Å². The molecule has 1 aromatic rings. The summed E-state index contributed by atoms with van der Waals surface area (Å²) in [6.45, 7) is 3.40. The molecule has 1 rings (SSSR count). The van der Waals surface area contributed by atoms with Crippen LogP contribution in [0.25, 0.3) is 0 Å². The quantitative estimate of drug-likeness (QED) is 0.201. The minimum Gasteiger partial charge on any atom is -0.465 e. The second-order valence-electron chi connectivity index (χ2n) is 4.70. The molecule has 0 aromatic heterocycles. The number of rotatable bonds is 6. The molecule has 120 valence electrons. The largest absolute Gasteiger partial charge is 0.465 e. The zero-order valence-corrected chi connectivity index (χ0v) is 15.2. The van der Waals surface area contributed by atoms with Crippen LogP contribution in [0.3, 0.4) is 0 Å². The highest BCUT2D eigenvalue weighted by molar-refractivity contribution is 7.98. The third-order valence-corrected chi connectivity index (χ3v) is 4.21. The highest BCUT2D eigenvalue weighted by Gasteiger charge is 2.25. The lowest BCUT2D eigenvalue weighted by Crippen LogP contribution is -2.22. The molecule has 22 heavy (non-hydrogen) atoms. The Morgan fingerprint density at radius 3 is 2.50 bits per heavy atom. The Morgan fingerprint density at radius 2 is 2.00 bits per heavy atom. The van der Waals surface area contributed by atoms with E-state index in [4.69, 9.17) is 11.6 Å². The van der Waals surface area contributed by atoms with Gasteiger partial charge in [-0.1, -0.05) is 25.4 Å². The van der Waals surface area contributed by atoms with Crippen molar-refractivity contribution >= 4 is 53.4 Å². The maximum Gasteiger partial charge on any atom is 0.344 e. The van der Waals surface area contributed by atoms with Crippen LogP contribution in [0, 0.1) is 5.92 Å². The molecule has 0 unspecified atom stereocenters. The van der Waals surface area contributed by atoms with Gasteiger partial charge in [0.1, 0.15) is 5.57 Å².